The van der Waals surface area contributed by atoms with Crippen LogP contribution in [0.15, 0.2) is 6.07 Å². The minimum absolute atomic E-state index is 0.440. The van der Waals surface area contributed by atoms with Crippen molar-refractivity contribution in [2.45, 2.75) is 18.9 Å². The Morgan fingerprint density at radius 3 is 2.93 bits per heavy atom. The maximum Gasteiger partial charge on any atom is 0.160 e. The highest BCUT2D eigenvalue weighted by Crippen LogP contribution is 2.32. The number of hydrogen-bond acceptors (Lipinski definition) is 3. The molecule has 1 aromatic rings. The van der Waals surface area contributed by atoms with E-state index in [4.69, 9.17) is 11.6 Å². The molecule has 0 aromatic carbocycles. The second kappa shape index (κ2) is 4.36. The van der Waals surface area contributed by atoms with Gasteiger partial charge in [0.15, 0.2) is 6.29 Å². The summed E-state index contributed by atoms with van der Waals surface area (Å²) in [6.45, 7) is 0. The molecule has 15 heavy (non-hydrogen) atoms. The quantitative estimate of drug-likeness (QED) is 0.638. The van der Waals surface area contributed by atoms with Gasteiger partial charge in [-0.05, 0) is 18.9 Å². The molecule has 0 aliphatic heterocycles. The lowest BCUT2D eigenvalue weighted by molar-refractivity contribution is 0.112. The lowest BCUT2D eigenvalue weighted by Crippen LogP contribution is -1.91. The molecule has 0 unspecified atom stereocenters. The van der Waals surface area contributed by atoms with Crippen LogP contribution in [-0.4, -0.2) is 11.4 Å². The molecule has 0 radical (unpaired) electrons. The van der Waals surface area contributed by atoms with Gasteiger partial charge in [0.1, 0.15) is 10.4 Å². The number of aliphatic hydroxyl groups excluding tert-OH is 1. The average molecular weight is 241 g/mol. The zero-order valence-corrected chi connectivity index (χ0v) is 9.44. The Hall–Kier alpha value is -0.820. The number of hydrogen-bond donors (Lipinski definition) is 1. The van der Waals surface area contributed by atoms with E-state index in [1.807, 2.05) is 0 Å². The minimum Gasteiger partial charge on any atom is -0.376 e. The predicted molar refractivity (Wildman–Crippen MR) is 60.2 cm³/mol. The Balaban J connectivity index is 2.17. The molecule has 0 spiro atoms. The average Bonchev–Trinajstić information content (AvgIpc) is 2.97. The molecular formula is C11H9ClO2S. The van der Waals surface area contributed by atoms with E-state index in [9.17, 15) is 9.90 Å². The fourth-order valence-electron chi connectivity index (χ4n) is 1.15. The van der Waals surface area contributed by atoms with Gasteiger partial charge in [-0.25, -0.2) is 0 Å². The number of halogens is 1. The van der Waals surface area contributed by atoms with Crippen molar-refractivity contribution in [3.8, 4) is 11.8 Å². The molecule has 1 fully saturated rings. The van der Waals surface area contributed by atoms with Crippen LogP contribution >= 0.6 is 22.9 Å². The van der Waals surface area contributed by atoms with Gasteiger partial charge in [-0.1, -0.05) is 23.4 Å². The predicted octanol–water partition coefficient (Wildman–Crippen LogP) is 2.66. The Morgan fingerprint density at radius 2 is 2.40 bits per heavy atom. The van der Waals surface area contributed by atoms with Crippen molar-refractivity contribution in [3.63, 3.8) is 0 Å². The minimum atomic E-state index is -0.872. The van der Waals surface area contributed by atoms with Gasteiger partial charge in [-0.3, -0.25) is 4.79 Å². The van der Waals surface area contributed by atoms with Crippen molar-refractivity contribution in [3.05, 3.63) is 20.8 Å². The van der Waals surface area contributed by atoms with E-state index in [0.717, 1.165) is 30.5 Å². The monoisotopic (exact) mass is 240 g/mol. The first-order valence-electron chi connectivity index (χ1n) is 4.64. The molecule has 1 saturated carbocycles. The highest BCUT2D eigenvalue weighted by atomic mass is 35.5. The van der Waals surface area contributed by atoms with Gasteiger partial charge in [-0.2, -0.15) is 0 Å². The van der Waals surface area contributed by atoms with Crippen LogP contribution in [0.3, 0.4) is 0 Å². The lowest BCUT2D eigenvalue weighted by Gasteiger charge is -1.99. The van der Waals surface area contributed by atoms with Crippen LogP contribution < -0.4 is 0 Å². The van der Waals surface area contributed by atoms with Crippen molar-refractivity contribution in [2.75, 3.05) is 0 Å². The van der Waals surface area contributed by atoms with Crippen LogP contribution in [0.4, 0.5) is 0 Å². The second-order valence-corrected chi connectivity index (χ2v) is 5.15. The summed E-state index contributed by atoms with van der Waals surface area (Å²) in [6, 6.07) is 1.59. The molecule has 78 valence electrons. The summed E-state index contributed by atoms with van der Waals surface area (Å²) >= 11 is 7.04. The zero-order valence-electron chi connectivity index (χ0n) is 7.87. The van der Waals surface area contributed by atoms with E-state index in [1.54, 1.807) is 6.07 Å². The summed E-state index contributed by atoms with van der Waals surface area (Å²) in [7, 11) is 0. The summed E-state index contributed by atoms with van der Waals surface area (Å²) < 4.78 is 0.440. The number of carbonyl (C=O) groups excluding carboxylic acids is 1. The fourth-order valence-corrected chi connectivity index (χ4v) is 2.30. The van der Waals surface area contributed by atoms with Gasteiger partial charge in [0, 0.05) is 11.5 Å². The number of carbonyl (C=O) groups is 1. The normalized spacial score (nSPS) is 16.7. The topological polar surface area (TPSA) is 37.3 Å². The summed E-state index contributed by atoms with van der Waals surface area (Å²) in [4.78, 5) is 11.0. The largest absolute Gasteiger partial charge is 0.376 e. The number of aliphatic hydroxyl groups is 1. The Bertz CT molecular complexity index is 437. The van der Waals surface area contributed by atoms with Crippen LogP contribution in [0.1, 0.15) is 34.2 Å². The van der Waals surface area contributed by atoms with Crippen molar-refractivity contribution in [1.82, 2.24) is 0 Å². The smallest absolute Gasteiger partial charge is 0.160 e. The van der Waals surface area contributed by atoms with Gasteiger partial charge < -0.3 is 5.11 Å². The zero-order chi connectivity index (χ0) is 10.8. The second-order valence-electron chi connectivity index (χ2n) is 3.46. The number of rotatable bonds is 2. The summed E-state index contributed by atoms with van der Waals surface area (Å²) in [5, 5.41) is 9.72. The van der Waals surface area contributed by atoms with Crippen LogP contribution in [0.25, 0.3) is 0 Å². The Labute approximate surface area is 96.9 Å². The molecule has 0 saturated heterocycles. The molecule has 1 atom stereocenters. The molecule has 4 heteroatoms. The highest BCUT2D eigenvalue weighted by molar-refractivity contribution is 7.17. The summed E-state index contributed by atoms with van der Waals surface area (Å²) in [6.07, 6.45) is 2.09. The van der Waals surface area contributed by atoms with E-state index in [-0.39, 0.29) is 0 Å². The third-order valence-corrected chi connectivity index (χ3v) is 3.46. The van der Waals surface area contributed by atoms with E-state index >= 15 is 0 Å². The van der Waals surface area contributed by atoms with Gasteiger partial charge in [0.25, 0.3) is 0 Å². The SMILES string of the molecule is O=Cc1cc([C@H](O)C#CC2CC2)c(Cl)s1. The lowest BCUT2D eigenvalue weighted by atomic mass is 10.2. The Morgan fingerprint density at radius 1 is 1.67 bits per heavy atom. The first-order chi connectivity index (χ1) is 7.20. The molecule has 0 amide bonds. The van der Waals surface area contributed by atoms with Gasteiger partial charge in [0.05, 0.1) is 4.88 Å². The molecule has 1 aliphatic carbocycles. The van der Waals surface area contributed by atoms with Crippen LogP contribution in [0.2, 0.25) is 4.34 Å². The molecule has 2 nitrogen and oxygen atoms in total. The number of thiophene rings is 1. The summed E-state index contributed by atoms with van der Waals surface area (Å²) in [5.74, 6) is 6.16. The first-order valence-corrected chi connectivity index (χ1v) is 5.83. The maximum atomic E-state index is 10.5. The van der Waals surface area contributed by atoms with Crippen molar-refractivity contribution in [1.29, 1.82) is 0 Å². The summed E-state index contributed by atoms with van der Waals surface area (Å²) in [5.41, 5.74) is 0.539. The van der Waals surface area contributed by atoms with E-state index in [0.29, 0.717) is 20.7 Å². The van der Waals surface area contributed by atoms with Crippen LogP contribution in [-0.2, 0) is 0 Å². The van der Waals surface area contributed by atoms with Crippen molar-refractivity contribution >= 4 is 29.2 Å². The Kier molecular flexibility index (Phi) is 3.11. The van der Waals surface area contributed by atoms with Crippen LogP contribution in [0.5, 0.6) is 0 Å². The molecule has 0 bridgehead atoms. The molecule has 1 aromatic heterocycles. The third kappa shape index (κ3) is 2.60. The molecule has 1 N–H and O–H groups in total. The van der Waals surface area contributed by atoms with Crippen LogP contribution in [0, 0.1) is 17.8 Å². The highest BCUT2D eigenvalue weighted by Gasteiger charge is 2.19. The maximum absolute atomic E-state index is 10.5. The number of aldehydes is 1. The van der Waals surface area contributed by atoms with Gasteiger partial charge in [-0.15, -0.1) is 11.3 Å². The molecule has 2 rings (SSSR count). The van der Waals surface area contributed by atoms with Gasteiger partial charge >= 0.3 is 0 Å². The molecule has 1 heterocycles. The molecular weight excluding hydrogens is 232 g/mol. The van der Waals surface area contributed by atoms with E-state index in [1.165, 1.54) is 0 Å². The first kappa shape index (κ1) is 10.7. The van der Waals surface area contributed by atoms with E-state index in [2.05, 4.69) is 11.8 Å². The standard InChI is InChI=1S/C11H9ClO2S/c12-11-9(5-8(6-13)15-11)10(14)4-3-7-1-2-7/h5-7,10,14H,1-2H2/t10-/m1/s1. The molecule has 1 aliphatic rings. The van der Waals surface area contributed by atoms with E-state index < -0.39 is 6.10 Å². The fraction of sp³-hybridized carbons (Fsp3) is 0.364. The van der Waals surface area contributed by atoms with Gasteiger partial charge in [0.2, 0.25) is 0 Å². The van der Waals surface area contributed by atoms with Crippen molar-refractivity contribution in [2.24, 2.45) is 5.92 Å². The van der Waals surface area contributed by atoms with Crippen molar-refractivity contribution < 1.29 is 9.90 Å². The third-order valence-electron chi connectivity index (χ3n) is 2.14.